The first-order valence-corrected chi connectivity index (χ1v) is 12.1. The molecule has 0 spiro atoms. The van der Waals surface area contributed by atoms with Gasteiger partial charge in [-0.15, -0.1) is 0 Å². The van der Waals surface area contributed by atoms with E-state index in [9.17, 15) is 13.2 Å². The summed E-state index contributed by atoms with van der Waals surface area (Å²) in [4.78, 5) is 23.8. The molecular formula is C23H26N6O4S. The molecule has 2 aromatic carbocycles. The number of piperazine rings is 1. The number of amides is 1. The predicted octanol–water partition coefficient (Wildman–Crippen LogP) is 1.84. The van der Waals surface area contributed by atoms with Gasteiger partial charge in [-0.2, -0.15) is 4.31 Å². The molecule has 0 bridgehead atoms. The largest absolute Gasteiger partial charge is 0.378 e. The highest BCUT2D eigenvalue weighted by molar-refractivity contribution is 7.89. The van der Waals surface area contributed by atoms with Crippen LogP contribution in [0.5, 0.6) is 0 Å². The maximum absolute atomic E-state index is 13.2. The molecule has 0 unspecified atom stereocenters. The average molecular weight is 483 g/mol. The van der Waals surface area contributed by atoms with Crippen molar-refractivity contribution in [2.45, 2.75) is 4.90 Å². The minimum atomic E-state index is -3.63. The van der Waals surface area contributed by atoms with E-state index < -0.39 is 15.9 Å². The van der Waals surface area contributed by atoms with Crippen LogP contribution >= 0.6 is 0 Å². The Labute approximate surface area is 198 Å². The van der Waals surface area contributed by atoms with E-state index in [4.69, 9.17) is 5.21 Å². The Balaban J connectivity index is 1.43. The minimum Gasteiger partial charge on any atom is -0.378 e. The number of sulfonamides is 1. The van der Waals surface area contributed by atoms with E-state index in [1.165, 1.54) is 22.2 Å². The molecule has 1 saturated heterocycles. The molecule has 1 fully saturated rings. The van der Waals surface area contributed by atoms with Gasteiger partial charge in [0.05, 0.1) is 10.5 Å². The third kappa shape index (κ3) is 4.86. The van der Waals surface area contributed by atoms with Crippen molar-refractivity contribution in [3.63, 3.8) is 0 Å². The fourth-order valence-corrected chi connectivity index (χ4v) is 5.15. The monoisotopic (exact) mass is 482 g/mol. The highest BCUT2D eigenvalue weighted by Crippen LogP contribution is 2.26. The van der Waals surface area contributed by atoms with Crippen molar-refractivity contribution < 1.29 is 18.4 Å². The van der Waals surface area contributed by atoms with Crippen LogP contribution in [0.2, 0.25) is 0 Å². The van der Waals surface area contributed by atoms with Gasteiger partial charge >= 0.3 is 0 Å². The van der Waals surface area contributed by atoms with Crippen LogP contribution in [0.1, 0.15) is 10.4 Å². The van der Waals surface area contributed by atoms with Crippen molar-refractivity contribution in [1.29, 1.82) is 0 Å². The van der Waals surface area contributed by atoms with Crippen LogP contribution in [0.15, 0.2) is 65.8 Å². The number of rotatable bonds is 6. The third-order valence-corrected chi connectivity index (χ3v) is 7.62. The summed E-state index contributed by atoms with van der Waals surface area (Å²) >= 11 is 0. The summed E-state index contributed by atoms with van der Waals surface area (Å²) in [5.41, 5.74) is 4.70. The van der Waals surface area contributed by atoms with Gasteiger partial charge in [-0.25, -0.2) is 23.9 Å². The molecule has 2 heterocycles. The van der Waals surface area contributed by atoms with Gasteiger partial charge in [0.2, 0.25) is 16.0 Å². The average Bonchev–Trinajstić information content (AvgIpc) is 2.88. The highest BCUT2D eigenvalue weighted by Gasteiger charge is 2.29. The summed E-state index contributed by atoms with van der Waals surface area (Å²) in [5.74, 6) is -0.297. The molecule has 2 N–H and O–H groups in total. The Morgan fingerprint density at radius 1 is 0.971 bits per heavy atom. The van der Waals surface area contributed by atoms with Crippen molar-refractivity contribution in [3.8, 4) is 11.1 Å². The molecule has 0 saturated carbocycles. The number of hydrogen-bond donors (Lipinski definition) is 2. The molecule has 4 rings (SSSR count). The van der Waals surface area contributed by atoms with Crippen LogP contribution in [-0.2, 0) is 10.0 Å². The molecular weight excluding hydrogens is 456 g/mol. The molecule has 3 aromatic rings. The number of benzene rings is 2. The summed E-state index contributed by atoms with van der Waals surface area (Å²) < 4.78 is 27.8. The zero-order valence-electron chi connectivity index (χ0n) is 18.9. The van der Waals surface area contributed by atoms with E-state index in [2.05, 4.69) is 16.0 Å². The number of anilines is 2. The predicted molar refractivity (Wildman–Crippen MR) is 128 cm³/mol. The van der Waals surface area contributed by atoms with Crippen molar-refractivity contribution >= 4 is 27.6 Å². The topological polar surface area (TPSA) is 119 Å². The number of hydrogen-bond acceptors (Lipinski definition) is 8. The molecule has 34 heavy (non-hydrogen) atoms. The maximum atomic E-state index is 13.2. The van der Waals surface area contributed by atoms with Gasteiger partial charge < -0.3 is 9.80 Å². The van der Waals surface area contributed by atoms with E-state index in [1.807, 2.05) is 54.2 Å². The Morgan fingerprint density at radius 2 is 1.62 bits per heavy atom. The van der Waals surface area contributed by atoms with Crippen molar-refractivity contribution in [2.24, 2.45) is 0 Å². The number of aromatic nitrogens is 2. The van der Waals surface area contributed by atoms with Crippen LogP contribution < -0.4 is 15.3 Å². The molecule has 1 aromatic heterocycles. The van der Waals surface area contributed by atoms with Crippen LogP contribution in [0, 0.1) is 0 Å². The lowest BCUT2D eigenvalue weighted by Crippen LogP contribution is -2.49. The van der Waals surface area contributed by atoms with E-state index in [-0.39, 0.29) is 23.5 Å². The highest BCUT2D eigenvalue weighted by atomic mass is 32.2. The van der Waals surface area contributed by atoms with Crippen molar-refractivity contribution in [1.82, 2.24) is 19.8 Å². The van der Waals surface area contributed by atoms with Gasteiger partial charge in [-0.05, 0) is 35.4 Å². The lowest BCUT2D eigenvalue weighted by molar-refractivity contribution is 0.0705. The lowest BCUT2D eigenvalue weighted by Gasteiger charge is -2.34. The fraction of sp³-hybridized carbons (Fsp3) is 0.261. The molecule has 178 valence electrons. The maximum Gasteiger partial charge on any atom is 0.277 e. The van der Waals surface area contributed by atoms with Gasteiger partial charge in [-0.3, -0.25) is 10.0 Å². The normalized spacial score (nSPS) is 14.6. The van der Waals surface area contributed by atoms with Gasteiger partial charge in [0.25, 0.3) is 5.91 Å². The Kier molecular flexibility index (Phi) is 6.77. The molecule has 10 nitrogen and oxygen atoms in total. The zero-order valence-corrected chi connectivity index (χ0v) is 19.7. The minimum absolute atomic E-state index is 0.129. The van der Waals surface area contributed by atoms with Crippen LogP contribution in [-0.4, -0.2) is 74.1 Å². The van der Waals surface area contributed by atoms with Crippen LogP contribution in [0.25, 0.3) is 11.1 Å². The van der Waals surface area contributed by atoms with Crippen molar-refractivity contribution in [2.75, 3.05) is 50.1 Å². The fourth-order valence-electron chi connectivity index (χ4n) is 3.73. The van der Waals surface area contributed by atoms with E-state index in [0.717, 1.165) is 16.8 Å². The first-order valence-electron chi connectivity index (χ1n) is 10.7. The molecule has 1 aliphatic rings. The van der Waals surface area contributed by atoms with Gasteiger partial charge in [0, 0.05) is 58.4 Å². The molecule has 1 aliphatic heterocycles. The second-order valence-electron chi connectivity index (χ2n) is 8.07. The number of nitrogens with one attached hydrogen (secondary N) is 1. The molecule has 0 radical (unpaired) electrons. The third-order valence-electron chi connectivity index (χ3n) is 5.71. The first kappa shape index (κ1) is 23.6. The zero-order chi connectivity index (χ0) is 24.3. The second-order valence-corrected chi connectivity index (χ2v) is 10.0. The summed E-state index contributed by atoms with van der Waals surface area (Å²) in [6.45, 7) is 1.41. The smallest absolute Gasteiger partial charge is 0.277 e. The van der Waals surface area contributed by atoms with E-state index in [1.54, 1.807) is 12.1 Å². The standard InChI is InChI=1S/C23H26N6O4S/c1-27(2)20-5-3-4-18(14-20)17-6-8-21(9-7-17)34(32,33)29-12-10-28(11-13-29)23-24-15-19(16-25-23)22(30)26-31/h3-9,14-16,31H,10-13H2,1-2H3,(H,26,30). The summed E-state index contributed by atoms with van der Waals surface area (Å²) in [5, 5.41) is 8.68. The van der Waals surface area contributed by atoms with E-state index in [0.29, 0.717) is 19.0 Å². The quantitative estimate of drug-likeness (QED) is 0.404. The summed E-state index contributed by atoms with van der Waals surface area (Å²) in [7, 11) is 0.323. The van der Waals surface area contributed by atoms with Gasteiger partial charge in [0.1, 0.15) is 0 Å². The first-order chi connectivity index (χ1) is 16.3. The van der Waals surface area contributed by atoms with Crippen molar-refractivity contribution in [3.05, 3.63) is 66.5 Å². The SMILES string of the molecule is CN(C)c1cccc(-c2ccc(S(=O)(=O)N3CCN(c4ncc(C(=O)NO)cn4)CC3)cc2)c1. The number of nitrogens with zero attached hydrogens (tertiary/aromatic N) is 5. The number of carbonyl (C=O) groups excluding carboxylic acids is 1. The molecule has 0 aliphatic carbocycles. The van der Waals surface area contributed by atoms with E-state index >= 15 is 0 Å². The second kappa shape index (κ2) is 9.75. The molecule has 0 atom stereocenters. The Hall–Kier alpha value is -3.54. The molecule has 1 amide bonds. The van der Waals surface area contributed by atoms with Gasteiger partial charge in [0.15, 0.2) is 0 Å². The number of hydroxylamine groups is 1. The Morgan fingerprint density at radius 3 is 2.21 bits per heavy atom. The van der Waals surface area contributed by atoms with Gasteiger partial charge in [-0.1, -0.05) is 24.3 Å². The lowest BCUT2D eigenvalue weighted by atomic mass is 10.1. The van der Waals surface area contributed by atoms with Crippen LogP contribution in [0.3, 0.4) is 0 Å². The number of carbonyl (C=O) groups is 1. The summed E-state index contributed by atoms with van der Waals surface area (Å²) in [6, 6.07) is 15.0. The molecule has 11 heteroatoms. The Bertz CT molecular complexity index is 1260. The summed E-state index contributed by atoms with van der Waals surface area (Å²) in [6.07, 6.45) is 2.62. The van der Waals surface area contributed by atoms with Crippen LogP contribution in [0.4, 0.5) is 11.6 Å².